The summed E-state index contributed by atoms with van der Waals surface area (Å²) >= 11 is 0. The molecule has 1 heterocycles. The minimum atomic E-state index is -0.302. The topological polar surface area (TPSA) is 80.3 Å². The molecule has 0 radical (unpaired) electrons. The van der Waals surface area contributed by atoms with Crippen molar-refractivity contribution < 1.29 is 23.8 Å². The Morgan fingerprint density at radius 2 is 1.74 bits per heavy atom. The highest BCUT2D eigenvalue weighted by atomic mass is 16.5. The van der Waals surface area contributed by atoms with Crippen molar-refractivity contribution in [2.45, 2.75) is 6.54 Å². The number of nitrogens with one attached hydrogen (secondary N) is 1. The van der Waals surface area contributed by atoms with Crippen LogP contribution in [0.5, 0.6) is 11.5 Å². The average Bonchev–Trinajstić information content (AvgIpc) is 2.79. The summed E-state index contributed by atoms with van der Waals surface area (Å²) in [4.78, 5) is 29.4. The van der Waals surface area contributed by atoms with Gasteiger partial charge in [-0.05, 0) is 23.8 Å². The molecule has 31 heavy (non-hydrogen) atoms. The number of nitrogens with zero attached hydrogens (tertiary/aromatic N) is 2. The van der Waals surface area contributed by atoms with Crippen LogP contribution in [0.1, 0.15) is 26.3 Å². The molecule has 2 amide bonds. The van der Waals surface area contributed by atoms with Crippen LogP contribution < -0.4 is 14.8 Å². The SMILES string of the molecule is COc1cc(NC(=O)c2cccc(CN3CCOCC3)c2)c(C(=O)N(C)C)cc1OC. The fraction of sp³-hybridized carbons (Fsp3) is 0.391. The highest BCUT2D eigenvalue weighted by molar-refractivity contribution is 6.09. The lowest BCUT2D eigenvalue weighted by Gasteiger charge is -2.26. The maximum absolute atomic E-state index is 13.0. The molecule has 1 aliphatic heterocycles. The number of carbonyl (C=O) groups excluding carboxylic acids is 2. The van der Waals surface area contributed by atoms with Crippen LogP contribution >= 0.6 is 0 Å². The van der Waals surface area contributed by atoms with Gasteiger partial charge in [-0.15, -0.1) is 0 Å². The monoisotopic (exact) mass is 427 g/mol. The predicted octanol–water partition coefficient (Wildman–Crippen LogP) is 2.49. The molecule has 1 aliphatic rings. The molecule has 166 valence electrons. The Labute approximate surface area is 182 Å². The number of amides is 2. The molecular formula is C23H29N3O5. The van der Waals surface area contributed by atoms with E-state index in [2.05, 4.69) is 10.2 Å². The summed E-state index contributed by atoms with van der Waals surface area (Å²) in [6.07, 6.45) is 0. The van der Waals surface area contributed by atoms with Crippen LogP contribution in [0.15, 0.2) is 36.4 Å². The molecule has 0 aliphatic carbocycles. The number of carbonyl (C=O) groups is 2. The van der Waals surface area contributed by atoms with Gasteiger partial charge in [-0.3, -0.25) is 14.5 Å². The third kappa shape index (κ3) is 5.53. The van der Waals surface area contributed by atoms with E-state index in [0.29, 0.717) is 28.3 Å². The van der Waals surface area contributed by atoms with E-state index >= 15 is 0 Å². The van der Waals surface area contributed by atoms with E-state index in [1.807, 2.05) is 18.2 Å². The summed E-state index contributed by atoms with van der Waals surface area (Å²) in [6, 6.07) is 10.7. The third-order valence-electron chi connectivity index (χ3n) is 5.11. The molecule has 0 spiro atoms. The minimum Gasteiger partial charge on any atom is -0.493 e. The van der Waals surface area contributed by atoms with Gasteiger partial charge >= 0.3 is 0 Å². The van der Waals surface area contributed by atoms with E-state index in [1.54, 1.807) is 32.3 Å². The molecule has 0 saturated carbocycles. The Bertz CT molecular complexity index is 939. The second kappa shape index (κ2) is 10.3. The molecule has 0 aromatic heterocycles. The van der Waals surface area contributed by atoms with Crippen LogP contribution in [0.4, 0.5) is 5.69 Å². The number of benzene rings is 2. The van der Waals surface area contributed by atoms with Crippen LogP contribution in [0.3, 0.4) is 0 Å². The first-order valence-corrected chi connectivity index (χ1v) is 10.1. The van der Waals surface area contributed by atoms with Crippen LogP contribution in [-0.4, -0.2) is 76.2 Å². The number of ether oxygens (including phenoxy) is 3. The van der Waals surface area contributed by atoms with Gasteiger partial charge in [-0.1, -0.05) is 12.1 Å². The van der Waals surface area contributed by atoms with Gasteiger partial charge in [0, 0.05) is 45.4 Å². The van der Waals surface area contributed by atoms with Crippen molar-refractivity contribution >= 4 is 17.5 Å². The Balaban J connectivity index is 1.85. The van der Waals surface area contributed by atoms with Crippen molar-refractivity contribution in [1.82, 2.24) is 9.80 Å². The smallest absolute Gasteiger partial charge is 0.255 e. The normalized spacial score (nSPS) is 14.1. The number of hydrogen-bond donors (Lipinski definition) is 1. The zero-order chi connectivity index (χ0) is 22.4. The summed E-state index contributed by atoms with van der Waals surface area (Å²) in [5.74, 6) is 0.286. The first-order chi connectivity index (χ1) is 14.9. The van der Waals surface area contributed by atoms with E-state index in [0.717, 1.165) is 38.4 Å². The average molecular weight is 428 g/mol. The van der Waals surface area contributed by atoms with Gasteiger partial charge in [0.05, 0.1) is 38.7 Å². The number of methoxy groups -OCH3 is 2. The van der Waals surface area contributed by atoms with Gasteiger partial charge in [0.1, 0.15) is 0 Å². The molecule has 2 aromatic carbocycles. The highest BCUT2D eigenvalue weighted by Crippen LogP contribution is 2.34. The first kappa shape index (κ1) is 22.6. The molecule has 3 rings (SSSR count). The number of hydrogen-bond acceptors (Lipinski definition) is 6. The van der Waals surface area contributed by atoms with Gasteiger partial charge in [0.2, 0.25) is 0 Å². The summed E-state index contributed by atoms with van der Waals surface area (Å²) in [5, 5.41) is 2.86. The lowest BCUT2D eigenvalue weighted by Crippen LogP contribution is -2.35. The van der Waals surface area contributed by atoms with Crippen molar-refractivity contribution in [3.8, 4) is 11.5 Å². The maximum Gasteiger partial charge on any atom is 0.255 e. The van der Waals surface area contributed by atoms with Crippen LogP contribution in [0, 0.1) is 0 Å². The van der Waals surface area contributed by atoms with E-state index in [1.165, 1.54) is 19.1 Å². The van der Waals surface area contributed by atoms with Crippen LogP contribution in [-0.2, 0) is 11.3 Å². The summed E-state index contributed by atoms with van der Waals surface area (Å²) < 4.78 is 16.1. The predicted molar refractivity (Wildman–Crippen MR) is 118 cm³/mol. The molecule has 1 saturated heterocycles. The van der Waals surface area contributed by atoms with Crippen molar-refractivity contribution in [1.29, 1.82) is 0 Å². The number of morpholine rings is 1. The lowest BCUT2D eigenvalue weighted by molar-refractivity contribution is 0.0342. The zero-order valence-corrected chi connectivity index (χ0v) is 18.4. The van der Waals surface area contributed by atoms with E-state index in [9.17, 15) is 9.59 Å². The lowest BCUT2D eigenvalue weighted by atomic mass is 10.1. The fourth-order valence-electron chi connectivity index (χ4n) is 3.42. The molecule has 0 bridgehead atoms. The Kier molecular flexibility index (Phi) is 7.49. The Morgan fingerprint density at radius 1 is 1.06 bits per heavy atom. The quantitative estimate of drug-likeness (QED) is 0.731. The van der Waals surface area contributed by atoms with Crippen LogP contribution in [0.2, 0.25) is 0 Å². The number of rotatable bonds is 7. The molecule has 2 aromatic rings. The van der Waals surface area contributed by atoms with E-state index < -0.39 is 0 Å². The molecule has 1 N–H and O–H groups in total. The maximum atomic E-state index is 13.0. The standard InChI is InChI=1S/C23H29N3O5/c1-25(2)23(28)18-13-20(29-3)21(30-4)14-19(18)24-22(27)17-7-5-6-16(12-17)15-26-8-10-31-11-9-26/h5-7,12-14H,8-11,15H2,1-4H3,(H,24,27). The first-order valence-electron chi connectivity index (χ1n) is 10.1. The van der Waals surface area contributed by atoms with E-state index in [4.69, 9.17) is 14.2 Å². The van der Waals surface area contributed by atoms with Crippen LogP contribution in [0.25, 0.3) is 0 Å². The van der Waals surface area contributed by atoms with Crippen molar-refractivity contribution in [3.63, 3.8) is 0 Å². The fourth-order valence-corrected chi connectivity index (χ4v) is 3.42. The molecule has 1 fully saturated rings. The van der Waals surface area contributed by atoms with Gasteiger partial charge < -0.3 is 24.4 Å². The molecular weight excluding hydrogens is 398 g/mol. The Morgan fingerprint density at radius 3 is 2.39 bits per heavy atom. The van der Waals surface area contributed by atoms with Gasteiger partial charge in [-0.25, -0.2) is 0 Å². The largest absolute Gasteiger partial charge is 0.493 e. The summed E-state index contributed by atoms with van der Waals surface area (Å²) in [5.41, 5.74) is 2.25. The second-order valence-corrected chi connectivity index (χ2v) is 7.50. The molecule has 0 unspecified atom stereocenters. The minimum absolute atomic E-state index is 0.252. The molecule has 0 atom stereocenters. The molecule has 8 nitrogen and oxygen atoms in total. The van der Waals surface area contributed by atoms with Gasteiger partial charge in [0.15, 0.2) is 11.5 Å². The zero-order valence-electron chi connectivity index (χ0n) is 18.4. The summed E-state index contributed by atoms with van der Waals surface area (Å²) in [7, 11) is 6.31. The highest BCUT2D eigenvalue weighted by Gasteiger charge is 2.20. The van der Waals surface area contributed by atoms with Crippen molar-refractivity contribution in [3.05, 3.63) is 53.1 Å². The van der Waals surface area contributed by atoms with E-state index in [-0.39, 0.29) is 11.8 Å². The van der Waals surface area contributed by atoms with Crippen molar-refractivity contribution in [2.24, 2.45) is 0 Å². The Hall–Kier alpha value is -3.10. The summed E-state index contributed by atoms with van der Waals surface area (Å²) in [6.45, 7) is 3.95. The number of anilines is 1. The van der Waals surface area contributed by atoms with Gasteiger partial charge in [0.25, 0.3) is 11.8 Å². The molecule has 8 heteroatoms. The third-order valence-corrected chi connectivity index (χ3v) is 5.11. The van der Waals surface area contributed by atoms with Gasteiger partial charge in [-0.2, -0.15) is 0 Å². The second-order valence-electron chi connectivity index (χ2n) is 7.50. The van der Waals surface area contributed by atoms with Crippen molar-refractivity contribution in [2.75, 3.05) is 59.9 Å².